The second-order valence-corrected chi connectivity index (χ2v) is 6.49. The van der Waals surface area contributed by atoms with Gasteiger partial charge in [0.1, 0.15) is 12.1 Å². The summed E-state index contributed by atoms with van der Waals surface area (Å²) < 4.78 is 4.95. The molecule has 2 heterocycles. The lowest BCUT2D eigenvalue weighted by Crippen LogP contribution is -2.52. The molecule has 0 saturated carbocycles. The van der Waals surface area contributed by atoms with Gasteiger partial charge in [-0.05, 0) is 18.5 Å². The minimum absolute atomic E-state index is 0.0396. The molecule has 0 radical (unpaired) electrons. The van der Waals surface area contributed by atoms with Gasteiger partial charge in [0.25, 0.3) is 11.8 Å². The number of aliphatic hydroxyl groups is 1. The van der Waals surface area contributed by atoms with Crippen molar-refractivity contribution in [1.29, 1.82) is 0 Å². The van der Waals surface area contributed by atoms with Gasteiger partial charge in [0.2, 0.25) is 11.8 Å². The molecule has 30 heavy (non-hydrogen) atoms. The molecule has 4 amide bonds. The number of urea groups is 1. The molecule has 1 aliphatic heterocycles. The summed E-state index contributed by atoms with van der Waals surface area (Å²) in [6, 6.07) is -5.24. The van der Waals surface area contributed by atoms with Gasteiger partial charge in [0.15, 0.2) is 6.04 Å². The number of primary amides is 1. The first-order valence-corrected chi connectivity index (χ1v) is 8.66. The summed E-state index contributed by atoms with van der Waals surface area (Å²) in [4.78, 5) is 62.5. The first-order valence-electron chi connectivity index (χ1n) is 8.66. The van der Waals surface area contributed by atoms with Gasteiger partial charge in [-0.15, -0.1) is 0 Å². The van der Waals surface area contributed by atoms with Crippen LogP contribution in [-0.4, -0.2) is 73.4 Å². The largest absolute Gasteiger partial charge is 0.480 e. The zero-order valence-corrected chi connectivity index (χ0v) is 15.6. The van der Waals surface area contributed by atoms with E-state index >= 15 is 0 Å². The molecule has 15 heteroatoms. The van der Waals surface area contributed by atoms with Crippen LogP contribution in [0.1, 0.15) is 38.1 Å². The van der Waals surface area contributed by atoms with E-state index in [1.165, 1.54) is 0 Å². The number of amides is 4. The number of carbonyl (C=O) groups is 5. The molecule has 1 saturated heterocycles. The Labute approximate surface area is 168 Å². The molecule has 0 aromatic carbocycles. The molecular weight excluding hydrogens is 408 g/mol. The van der Waals surface area contributed by atoms with E-state index in [0.29, 0.717) is 0 Å². The van der Waals surface area contributed by atoms with E-state index in [4.69, 9.17) is 15.4 Å². The SMILES string of the molecule is CC(O)[C@H](NC(=O)N[C@@H](CC(N)=O)c1nc(N2C(=O)CC[C@@H]2C(=O)O)no1)C(=O)O. The fourth-order valence-electron chi connectivity index (χ4n) is 2.77. The first kappa shape index (κ1) is 22.5. The van der Waals surface area contributed by atoms with Crippen molar-refractivity contribution in [1.82, 2.24) is 20.8 Å². The van der Waals surface area contributed by atoms with Crippen molar-refractivity contribution in [3.05, 3.63) is 5.89 Å². The molecule has 1 unspecified atom stereocenters. The van der Waals surface area contributed by atoms with Crippen LogP contribution in [0.15, 0.2) is 4.52 Å². The Morgan fingerprint density at radius 1 is 1.30 bits per heavy atom. The van der Waals surface area contributed by atoms with E-state index in [1.807, 2.05) is 5.32 Å². The average molecular weight is 428 g/mol. The number of hydrogen-bond donors (Lipinski definition) is 6. The minimum Gasteiger partial charge on any atom is -0.480 e. The molecule has 0 bridgehead atoms. The Kier molecular flexibility index (Phi) is 6.89. The number of aliphatic carboxylic acids is 2. The maximum atomic E-state index is 12.1. The second kappa shape index (κ2) is 9.17. The summed E-state index contributed by atoms with van der Waals surface area (Å²) in [5.74, 6) is -4.94. The quantitative estimate of drug-likeness (QED) is 0.244. The lowest BCUT2D eigenvalue weighted by atomic mass is 10.2. The number of hydrogen-bond acceptors (Lipinski definition) is 9. The number of nitrogens with two attached hydrogens (primary N) is 1. The third kappa shape index (κ3) is 5.19. The van der Waals surface area contributed by atoms with Crippen molar-refractivity contribution in [2.45, 2.75) is 50.4 Å². The lowest BCUT2D eigenvalue weighted by molar-refractivity contribution is -0.142. The average Bonchev–Trinajstić information content (AvgIpc) is 3.24. The Bertz CT molecular complexity index is 853. The van der Waals surface area contributed by atoms with Crippen LogP contribution in [-0.2, 0) is 19.2 Å². The van der Waals surface area contributed by atoms with Crippen LogP contribution in [0.3, 0.4) is 0 Å². The monoisotopic (exact) mass is 428 g/mol. The lowest BCUT2D eigenvalue weighted by Gasteiger charge is -2.20. The summed E-state index contributed by atoms with van der Waals surface area (Å²) in [6.45, 7) is 1.15. The molecule has 2 rings (SSSR count). The van der Waals surface area contributed by atoms with Gasteiger partial charge in [-0.1, -0.05) is 0 Å². The number of carboxylic acid groups (broad SMARTS) is 2. The highest BCUT2D eigenvalue weighted by Gasteiger charge is 2.40. The van der Waals surface area contributed by atoms with Crippen LogP contribution in [0.25, 0.3) is 0 Å². The Balaban J connectivity index is 2.21. The van der Waals surface area contributed by atoms with Crippen molar-refractivity contribution < 1.29 is 43.8 Å². The fraction of sp³-hybridized carbons (Fsp3) is 0.533. The molecule has 4 atom stereocenters. The van der Waals surface area contributed by atoms with E-state index in [-0.39, 0.29) is 24.7 Å². The number of aliphatic hydroxyl groups excluding tert-OH is 1. The van der Waals surface area contributed by atoms with Gasteiger partial charge in [-0.2, -0.15) is 4.98 Å². The Morgan fingerprint density at radius 2 is 1.97 bits per heavy atom. The molecule has 0 spiro atoms. The van der Waals surface area contributed by atoms with Gasteiger partial charge in [0, 0.05) is 6.42 Å². The maximum absolute atomic E-state index is 12.1. The molecule has 7 N–H and O–H groups in total. The molecule has 0 aliphatic carbocycles. The summed E-state index contributed by atoms with van der Waals surface area (Å²) in [5.41, 5.74) is 5.14. The maximum Gasteiger partial charge on any atom is 0.328 e. The Morgan fingerprint density at radius 3 is 2.50 bits per heavy atom. The number of rotatable bonds is 9. The minimum atomic E-state index is -1.64. The molecule has 1 aromatic heterocycles. The second-order valence-electron chi connectivity index (χ2n) is 6.49. The number of anilines is 1. The topological polar surface area (TPSA) is 238 Å². The molecule has 1 fully saturated rings. The zero-order valence-electron chi connectivity index (χ0n) is 15.6. The highest BCUT2D eigenvalue weighted by atomic mass is 16.5. The van der Waals surface area contributed by atoms with E-state index < -0.39 is 60.4 Å². The van der Waals surface area contributed by atoms with Crippen LogP contribution < -0.4 is 21.3 Å². The Hall–Kier alpha value is -3.75. The number of nitrogens with one attached hydrogen (secondary N) is 2. The van der Waals surface area contributed by atoms with E-state index in [2.05, 4.69) is 15.5 Å². The molecule has 164 valence electrons. The summed E-state index contributed by atoms with van der Waals surface area (Å²) in [5, 5.41) is 35.4. The number of carboxylic acids is 2. The number of carbonyl (C=O) groups excluding carboxylic acids is 3. The third-order valence-electron chi connectivity index (χ3n) is 4.19. The zero-order chi connectivity index (χ0) is 22.6. The predicted molar refractivity (Wildman–Crippen MR) is 93.8 cm³/mol. The number of nitrogens with zero attached hydrogens (tertiary/aromatic N) is 3. The molecule has 1 aliphatic rings. The van der Waals surface area contributed by atoms with Gasteiger partial charge in [-0.3, -0.25) is 14.5 Å². The van der Waals surface area contributed by atoms with E-state index in [1.54, 1.807) is 0 Å². The van der Waals surface area contributed by atoms with Gasteiger partial charge >= 0.3 is 18.0 Å². The third-order valence-corrected chi connectivity index (χ3v) is 4.19. The summed E-state index contributed by atoms with van der Waals surface area (Å²) in [7, 11) is 0. The van der Waals surface area contributed by atoms with Gasteiger partial charge < -0.3 is 36.2 Å². The van der Waals surface area contributed by atoms with Crippen LogP contribution in [0, 0.1) is 0 Å². The highest BCUT2D eigenvalue weighted by Crippen LogP contribution is 2.26. The van der Waals surface area contributed by atoms with Crippen LogP contribution in [0.4, 0.5) is 10.7 Å². The van der Waals surface area contributed by atoms with Crippen LogP contribution >= 0.6 is 0 Å². The normalized spacial score (nSPS) is 19.1. The van der Waals surface area contributed by atoms with Crippen molar-refractivity contribution in [2.24, 2.45) is 5.73 Å². The highest BCUT2D eigenvalue weighted by molar-refractivity contribution is 6.00. The predicted octanol–water partition coefficient (Wildman–Crippen LogP) is -2.30. The van der Waals surface area contributed by atoms with Crippen molar-refractivity contribution in [3.8, 4) is 0 Å². The van der Waals surface area contributed by atoms with Crippen molar-refractivity contribution in [2.75, 3.05) is 4.90 Å². The van der Waals surface area contributed by atoms with E-state index in [0.717, 1.165) is 11.8 Å². The summed E-state index contributed by atoms with van der Waals surface area (Å²) in [6.07, 6.45) is -1.95. The van der Waals surface area contributed by atoms with Crippen LogP contribution in [0.5, 0.6) is 0 Å². The number of aromatic nitrogens is 2. The smallest absolute Gasteiger partial charge is 0.328 e. The van der Waals surface area contributed by atoms with Gasteiger partial charge in [-0.25, -0.2) is 14.4 Å². The summed E-state index contributed by atoms with van der Waals surface area (Å²) >= 11 is 0. The van der Waals surface area contributed by atoms with Gasteiger partial charge in [0.05, 0.1) is 12.5 Å². The standard InChI is InChI=1S/C15H20N6O9/c1-5(22)10(13(27)28)18-15(29)17-6(4-8(16)23)11-19-14(20-30-11)21-7(12(25)26)2-3-9(21)24/h5-7,10,22H,2-4H2,1H3,(H2,16,23)(H,25,26)(H,27,28)(H2,17,18,29)/t5?,6-,7+,10-/m0/s1. The van der Waals surface area contributed by atoms with Crippen LogP contribution in [0.2, 0.25) is 0 Å². The van der Waals surface area contributed by atoms with Crippen molar-refractivity contribution in [3.63, 3.8) is 0 Å². The molecule has 15 nitrogen and oxygen atoms in total. The molecular formula is C15H20N6O9. The fourth-order valence-corrected chi connectivity index (χ4v) is 2.77. The van der Waals surface area contributed by atoms with Crippen molar-refractivity contribution >= 4 is 35.7 Å². The first-order chi connectivity index (χ1) is 14.0. The molecule has 1 aromatic rings. The van der Waals surface area contributed by atoms with E-state index in [9.17, 15) is 34.2 Å².